The molecule has 2 rings (SSSR count). The normalized spacial score (nSPS) is 13.2. The Bertz CT molecular complexity index is 694. The van der Waals surface area contributed by atoms with Gasteiger partial charge in [-0.3, -0.25) is 15.1 Å². The molecule has 0 bridgehead atoms. The maximum absolute atomic E-state index is 10.7. The second-order valence-corrected chi connectivity index (χ2v) is 4.65. The standard InChI is InChI=1S/C16H15N3O3/c1-12(13-5-3-2-4-6-13)18-16(11-17-20)14-7-9-15(10-8-14)19(21)22/h2-12,20H,1H3/b17-11+,18-16?. The number of nitro groups is 1. The van der Waals surface area contributed by atoms with Crippen molar-refractivity contribution in [1.82, 2.24) is 0 Å². The van der Waals surface area contributed by atoms with Crippen LogP contribution in [0.3, 0.4) is 0 Å². The van der Waals surface area contributed by atoms with Crippen LogP contribution in [0.1, 0.15) is 24.1 Å². The third-order valence-corrected chi connectivity index (χ3v) is 3.17. The summed E-state index contributed by atoms with van der Waals surface area (Å²) >= 11 is 0. The summed E-state index contributed by atoms with van der Waals surface area (Å²) < 4.78 is 0. The third kappa shape index (κ3) is 3.76. The second kappa shape index (κ2) is 7.12. The molecule has 2 aromatic carbocycles. The second-order valence-electron chi connectivity index (χ2n) is 4.65. The average molecular weight is 297 g/mol. The first-order chi connectivity index (χ1) is 10.6. The van der Waals surface area contributed by atoms with Crippen LogP contribution in [0.25, 0.3) is 0 Å². The highest BCUT2D eigenvalue weighted by atomic mass is 16.6. The number of non-ortho nitro benzene ring substituents is 1. The lowest BCUT2D eigenvalue weighted by Crippen LogP contribution is -2.05. The lowest BCUT2D eigenvalue weighted by Gasteiger charge is -2.09. The maximum atomic E-state index is 10.7. The number of hydrogen-bond acceptors (Lipinski definition) is 5. The van der Waals surface area contributed by atoms with Crippen LogP contribution < -0.4 is 0 Å². The molecule has 1 N–H and O–H groups in total. The minimum atomic E-state index is -0.465. The van der Waals surface area contributed by atoms with Gasteiger partial charge in [0.15, 0.2) is 0 Å². The summed E-state index contributed by atoms with van der Waals surface area (Å²) in [6.45, 7) is 1.92. The first kappa shape index (κ1) is 15.4. The Kier molecular flexibility index (Phi) is 4.98. The molecule has 2 aromatic rings. The molecule has 0 aliphatic rings. The fraction of sp³-hybridized carbons (Fsp3) is 0.125. The van der Waals surface area contributed by atoms with Gasteiger partial charge < -0.3 is 5.21 Å². The Hall–Kier alpha value is -3.02. The predicted octanol–water partition coefficient (Wildman–Crippen LogP) is 3.61. The Morgan fingerprint density at radius 1 is 1.18 bits per heavy atom. The van der Waals surface area contributed by atoms with Crippen LogP contribution in [0.5, 0.6) is 0 Å². The minimum Gasteiger partial charge on any atom is -0.411 e. The highest BCUT2D eigenvalue weighted by Crippen LogP contribution is 2.18. The molecule has 0 saturated carbocycles. The van der Waals surface area contributed by atoms with E-state index in [1.807, 2.05) is 37.3 Å². The van der Waals surface area contributed by atoms with Crippen molar-refractivity contribution in [2.45, 2.75) is 13.0 Å². The van der Waals surface area contributed by atoms with E-state index in [4.69, 9.17) is 5.21 Å². The molecule has 0 aliphatic heterocycles. The van der Waals surface area contributed by atoms with E-state index in [-0.39, 0.29) is 11.7 Å². The Morgan fingerprint density at radius 3 is 2.36 bits per heavy atom. The molecule has 1 unspecified atom stereocenters. The van der Waals surface area contributed by atoms with Gasteiger partial charge in [0.1, 0.15) is 0 Å². The summed E-state index contributed by atoms with van der Waals surface area (Å²) in [4.78, 5) is 14.7. The lowest BCUT2D eigenvalue weighted by molar-refractivity contribution is -0.384. The fourth-order valence-corrected chi connectivity index (χ4v) is 2.01. The van der Waals surface area contributed by atoms with Gasteiger partial charge in [-0.25, -0.2) is 0 Å². The molecule has 6 heteroatoms. The molecule has 22 heavy (non-hydrogen) atoms. The van der Waals surface area contributed by atoms with Gasteiger partial charge in [0, 0.05) is 17.7 Å². The van der Waals surface area contributed by atoms with E-state index in [0.29, 0.717) is 11.3 Å². The average Bonchev–Trinajstić information content (AvgIpc) is 2.55. The van der Waals surface area contributed by atoms with Crippen molar-refractivity contribution in [3.05, 3.63) is 75.8 Å². The fourth-order valence-electron chi connectivity index (χ4n) is 2.01. The summed E-state index contributed by atoms with van der Waals surface area (Å²) in [5, 5.41) is 22.5. The number of benzene rings is 2. The van der Waals surface area contributed by atoms with E-state index in [9.17, 15) is 10.1 Å². The van der Waals surface area contributed by atoms with Crippen LogP contribution in [0.15, 0.2) is 64.7 Å². The highest BCUT2D eigenvalue weighted by Gasteiger charge is 2.09. The minimum absolute atomic E-state index is 0.000134. The monoisotopic (exact) mass is 297 g/mol. The zero-order valence-electron chi connectivity index (χ0n) is 12.0. The van der Waals surface area contributed by atoms with Crippen molar-refractivity contribution in [2.24, 2.45) is 10.1 Å². The molecule has 0 saturated heterocycles. The first-order valence-corrected chi connectivity index (χ1v) is 6.67. The molecule has 0 fully saturated rings. The summed E-state index contributed by atoms with van der Waals surface area (Å²) in [6, 6.07) is 15.5. The van der Waals surface area contributed by atoms with Crippen LogP contribution in [-0.4, -0.2) is 22.1 Å². The van der Waals surface area contributed by atoms with Crippen molar-refractivity contribution in [1.29, 1.82) is 0 Å². The van der Waals surface area contributed by atoms with Crippen LogP contribution >= 0.6 is 0 Å². The van der Waals surface area contributed by atoms with Crippen molar-refractivity contribution >= 4 is 17.6 Å². The zero-order chi connectivity index (χ0) is 15.9. The van der Waals surface area contributed by atoms with Gasteiger partial charge in [-0.2, -0.15) is 0 Å². The molecular formula is C16H15N3O3. The maximum Gasteiger partial charge on any atom is 0.269 e. The van der Waals surface area contributed by atoms with Crippen molar-refractivity contribution in [2.75, 3.05) is 0 Å². The van der Waals surface area contributed by atoms with E-state index in [0.717, 1.165) is 5.56 Å². The van der Waals surface area contributed by atoms with Crippen LogP contribution in [0.4, 0.5) is 5.69 Å². The predicted molar refractivity (Wildman–Crippen MR) is 84.8 cm³/mol. The van der Waals surface area contributed by atoms with Gasteiger partial charge in [0.05, 0.1) is 22.9 Å². The van der Waals surface area contributed by atoms with Gasteiger partial charge in [-0.15, -0.1) is 0 Å². The van der Waals surface area contributed by atoms with Gasteiger partial charge in [0.2, 0.25) is 0 Å². The smallest absolute Gasteiger partial charge is 0.269 e. The Balaban J connectivity index is 2.33. The molecule has 112 valence electrons. The van der Waals surface area contributed by atoms with E-state index in [2.05, 4.69) is 10.1 Å². The number of oxime groups is 1. The SMILES string of the molecule is CC(N=C(/C=N/O)c1ccc([N+](=O)[O-])cc1)c1ccccc1. The van der Waals surface area contributed by atoms with Crippen LogP contribution in [0, 0.1) is 10.1 Å². The van der Waals surface area contributed by atoms with E-state index in [1.165, 1.54) is 18.3 Å². The van der Waals surface area contributed by atoms with Gasteiger partial charge in [0.25, 0.3) is 5.69 Å². The zero-order valence-corrected chi connectivity index (χ0v) is 12.0. The first-order valence-electron chi connectivity index (χ1n) is 6.67. The molecule has 0 spiro atoms. The number of rotatable bonds is 5. The number of aliphatic imine (C=N–C) groups is 1. The number of nitrogens with zero attached hydrogens (tertiary/aromatic N) is 3. The molecular weight excluding hydrogens is 282 g/mol. The Labute approximate surface area is 127 Å². The summed E-state index contributed by atoms with van der Waals surface area (Å²) in [7, 11) is 0. The number of hydrogen-bond donors (Lipinski definition) is 1. The molecule has 0 amide bonds. The summed E-state index contributed by atoms with van der Waals surface area (Å²) in [5.41, 5.74) is 2.12. The van der Waals surface area contributed by atoms with Crippen molar-refractivity contribution in [3.63, 3.8) is 0 Å². The van der Waals surface area contributed by atoms with Crippen LogP contribution in [-0.2, 0) is 0 Å². The van der Waals surface area contributed by atoms with Gasteiger partial charge >= 0.3 is 0 Å². The summed E-state index contributed by atoms with van der Waals surface area (Å²) in [5.74, 6) is 0. The lowest BCUT2D eigenvalue weighted by atomic mass is 10.1. The largest absolute Gasteiger partial charge is 0.411 e. The van der Waals surface area contributed by atoms with Gasteiger partial charge in [-0.1, -0.05) is 35.5 Å². The van der Waals surface area contributed by atoms with Crippen molar-refractivity contribution < 1.29 is 10.1 Å². The van der Waals surface area contributed by atoms with Crippen molar-refractivity contribution in [3.8, 4) is 0 Å². The molecule has 6 nitrogen and oxygen atoms in total. The van der Waals surface area contributed by atoms with E-state index >= 15 is 0 Å². The molecule has 0 aliphatic carbocycles. The third-order valence-electron chi connectivity index (χ3n) is 3.17. The quantitative estimate of drug-likeness (QED) is 0.396. The van der Waals surface area contributed by atoms with Crippen LogP contribution in [0.2, 0.25) is 0 Å². The summed E-state index contributed by atoms with van der Waals surface area (Å²) in [6.07, 6.45) is 1.22. The van der Waals surface area contributed by atoms with E-state index < -0.39 is 4.92 Å². The van der Waals surface area contributed by atoms with E-state index in [1.54, 1.807) is 12.1 Å². The molecule has 0 radical (unpaired) electrons. The van der Waals surface area contributed by atoms with Gasteiger partial charge in [-0.05, 0) is 24.6 Å². The number of nitro benzene ring substituents is 1. The Morgan fingerprint density at radius 2 is 1.82 bits per heavy atom. The topological polar surface area (TPSA) is 88.1 Å². The highest BCUT2D eigenvalue weighted by molar-refractivity contribution is 6.38. The molecule has 1 atom stereocenters. The molecule has 0 aromatic heterocycles. The molecule has 0 heterocycles.